The van der Waals surface area contributed by atoms with Gasteiger partial charge < -0.3 is 14.8 Å². The van der Waals surface area contributed by atoms with E-state index >= 15 is 0 Å². The first-order chi connectivity index (χ1) is 10.7. The van der Waals surface area contributed by atoms with E-state index in [0.717, 1.165) is 4.47 Å². The zero-order valence-electron chi connectivity index (χ0n) is 11.6. The largest absolute Gasteiger partial charge is 0.484 e. The van der Waals surface area contributed by atoms with E-state index in [9.17, 15) is 4.79 Å². The van der Waals surface area contributed by atoms with Crippen molar-refractivity contribution in [2.75, 3.05) is 18.5 Å². The van der Waals surface area contributed by atoms with Gasteiger partial charge in [-0.15, -0.1) is 0 Å². The maximum absolute atomic E-state index is 11.8. The zero-order valence-corrected chi connectivity index (χ0v) is 13.2. The molecule has 0 atom stereocenters. The molecule has 5 nitrogen and oxygen atoms in total. The summed E-state index contributed by atoms with van der Waals surface area (Å²) < 4.78 is 11.4. The van der Waals surface area contributed by atoms with Crippen molar-refractivity contribution in [3.8, 4) is 17.6 Å². The third-order valence-electron chi connectivity index (χ3n) is 2.61. The highest BCUT2D eigenvalue weighted by atomic mass is 79.9. The second-order valence-corrected chi connectivity index (χ2v) is 5.18. The Hall–Kier alpha value is -2.52. The Labute approximate surface area is 136 Å². The predicted molar refractivity (Wildman–Crippen MR) is 85.8 cm³/mol. The van der Waals surface area contributed by atoms with Crippen LogP contribution in [0.1, 0.15) is 0 Å². The number of carbonyl (C=O) groups is 1. The molecule has 0 fully saturated rings. The molecule has 0 aliphatic heterocycles. The topological polar surface area (TPSA) is 71.3 Å². The van der Waals surface area contributed by atoms with Crippen LogP contribution in [-0.4, -0.2) is 19.1 Å². The molecule has 0 radical (unpaired) electrons. The minimum Gasteiger partial charge on any atom is -0.484 e. The number of rotatable bonds is 6. The van der Waals surface area contributed by atoms with Crippen LogP contribution in [0.15, 0.2) is 53.0 Å². The first-order valence-corrected chi connectivity index (χ1v) is 7.25. The standard InChI is InChI=1S/C16H13BrN2O3/c17-12-2-1-3-15(10-12)22-11-16(20)19-13-4-6-14(7-5-13)21-9-8-18/h1-7,10H,9,11H2,(H,19,20). The number of halogens is 1. The molecule has 1 N–H and O–H groups in total. The van der Waals surface area contributed by atoms with Crippen molar-refractivity contribution in [1.29, 1.82) is 5.26 Å². The molecule has 0 saturated carbocycles. The van der Waals surface area contributed by atoms with Crippen LogP contribution >= 0.6 is 15.9 Å². The Morgan fingerprint density at radius 2 is 1.91 bits per heavy atom. The minimum absolute atomic E-state index is 0.00776. The van der Waals surface area contributed by atoms with Gasteiger partial charge in [0.1, 0.15) is 17.6 Å². The SMILES string of the molecule is N#CCOc1ccc(NC(=O)COc2cccc(Br)c2)cc1. The van der Waals surface area contributed by atoms with Gasteiger partial charge in [-0.2, -0.15) is 5.26 Å². The maximum atomic E-state index is 11.8. The second-order valence-electron chi connectivity index (χ2n) is 4.27. The molecule has 2 rings (SSSR count). The molecule has 0 saturated heterocycles. The zero-order chi connectivity index (χ0) is 15.8. The molecule has 1 amide bonds. The monoisotopic (exact) mass is 360 g/mol. The van der Waals surface area contributed by atoms with Crippen LogP contribution in [0.5, 0.6) is 11.5 Å². The number of benzene rings is 2. The number of amides is 1. The van der Waals surface area contributed by atoms with Gasteiger partial charge in [-0.1, -0.05) is 22.0 Å². The molecule has 0 aliphatic carbocycles. The summed E-state index contributed by atoms with van der Waals surface area (Å²) in [5.74, 6) is 0.931. The Morgan fingerprint density at radius 1 is 1.14 bits per heavy atom. The molecule has 0 heterocycles. The van der Waals surface area contributed by atoms with E-state index in [4.69, 9.17) is 14.7 Å². The van der Waals surface area contributed by atoms with Crippen LogP contribution in [0.2, 0.25) is 0 Å². The fourth-order valence-electron chi connectivity index (χ4n) is 1.65. The number of hydrogen-bond acceptors (Lipinski definition) is 4. The number of carbonyl (C=O) groups excluding carboxylic acids is 1. The quantitative estimate of drug-likeness (QED) is 0.856. The molecule has 0 aliphatic rings. The molecule has 22 heavy (non-hydrogen) atoms. The summed E-state index contributed by atoms with van der Waals surface area (Å²) in [5.41, 5.74) is 0.632. The van der Waals surface area contributed by atoms with Gasteiger partial charge in [-0.05, 0) is 42.5 Å². The minimum atomic E-state index is -0.259. The van der Waals surface area contributed by atoms with Crippen molar-refractivity contribution in [2.24, 2.45) is 0 Å². The maximum Gasteiger partial charge on any atom is 0.262 e. The first-order valence-electron chi connectivity index (χ1n) is 6.45. The predicted octanol–water partition coefficient (Wildman–Crippen LogP) is 3.37. The molecular weight excluding hydrogens is 348 g/mol. The molecule has 0 unspecified atom stereocenters. The second kappa shape index (κ2) is 8.05. The highest BCUT2D eigenvalue weighted by Gasteiger charge is 2.04. The average Bonchev–Trinajstić information content (AvgIpc) is 2.52. The van der Waals surface area contributed by atoms with Gasteiger partial charge in [0, 0.05) is 10.2 Å². The van der Waals surface area contributed by atoms with Crippen molar-refractivity contribution < 1.29 is 14.3 Å². The lowest BCUT2D eigenvalue weighted by Gasteiger charge is -2.08. The van der Waals surface area contributed by atoms with Crippen LogP contribution in [0, 0.1) is 11.3 Å². The average molecular weight is 361 g/mol. The van der Waals surface area contributed by atoms with Gasteiger partial charge in [-0.25, -0.2) is 0 Å². The lowest BCUT2D eigenvalue weighted by Crippen LogP contribution is -2.20. The van der Waals surface area contributed by atoms with E-state index in [1.807, 2.05) is 18.2 Å². The lowest BCUT2D eigenvalue weighted by molar-refractivity contribution is -0.118. The third kappa shape index (κ3) is 5.11. The van der Waals surface area contributed by atoms with Crippen LogP contribution in [0.3, 0.4) is 0 Å². The Kier molecular flexibility index (Phi) is 5.81. The Balaban J connectivity index is 1.83. The van der Waals surface area contributed by atoms with Crippen LogP contribution in [0.4, 0.5) is 5.69 Å². The fraction of sp³-hybridized carbons (Fsp3) is 0.125. The van der Waals surface area contributed by atoms with Gasteiger partial charge in [0.2, 0.25) is 0 Å². The van der Waals surface area contributed by atoms with E-state index in [2.05, 4.69) is 21.2 Å². The summed E-state index contributed by atoms with van der Waals surface area (Å²) in [6.45, 7) is -0.0880. The number of nitrogens with zero attached hydrogens (tertiary/aromatic N) is 1. The first kappa shape index (κ1) is 15.9. The number of anilines is 1. The van der Waals surface area contributed by atoms with Crippen molar-refractivity contribution in [3.63, 3.8) is 0 Å². The van der Waals surface area contributed by atoms with Crippen molar-refractivity contribution in [1.82, 2.24) is 0 Å². The van der Waals surface area contributed by atoms with E-state index in [-0.39, 0.29) is 19.1 Å². The summed E-state index contributed by atoms with van der Waals surface area (Å²) >= 11 is 3.34. The molecule has 2 aromatic rings. The highest BCUT2D eigenvalue weighted by Crippen LogP contribution is 2.18. The fourth-order valence-corrected chi connectivity index (χ4v) is 2.03. The summed E-state index contributed by atoms with van der Waals surface area (Å²) in [6.07, 6.45) is 0. The van der Waals surface area contributed by atoms with Crippen molar-refractivity contribution in [3.05, 3.63) is 53.0 Å². The smallest absolute Gasteiger partial charge is 0.262 e. The van der Waals surface area contributed by atoms with Gasteiger partial charge in [-0.3, -0.25) is 4.79 Å². The third-order valence-corrected chi connectivity index (χ3v) is 3.10. The van der Waals surface area contributed by atoms with Crippen molar-refractivity contribution in [2.45, 2.75) is 0 Å². The summed E-state index contributed by atoms with van der Waals surface area (Å²) in [7, 11) is 0. The molecular formula is C16H13BrN2O3. The normalized spacial score (nSPS) is 9.64. The summed E-state index contributed by atoms with van der Waals surface area (Å²) in [4.78, 5) is 11.8. The van der Waals surface area contributed by atoms with Gasteiger partial charge in [0.15, 0.2) is 13.2 Å². The Bertz CT molecular complexity index is 681. The lowest BCUT2D eigenvalue weighted by atomic mass is 10.3. The molecule has 112 valence electrons. The van der Waals surface area contributed by atoms with E-state index in [0.29, 0.717) is 17.2 Å². The molecule has 0 bridgehead atoms. The molecule has 2 aromatic carbocycles. The Morgan fingerprint density at radius 3 is 2.59 bits per heavy atom. The van der Waals surface area contributed by atoms with Crippen molar-refractivity contribution >= 4 is 27.5 Å². The number of nitriles is 1. The van der Waals surface area contributed by atoms with Crippen LogP contribution in [-0.2, 0) is 4.79 Å². The number of nitrogens with one attached hydrogen (secondary N) is 1. The van der Waals surface area contributed by atoms with Gasteiger partial charge in [0.25, 0.3) is 5.91 Å². The van der Waals surface area contributed by atoms with Crippen LogP contribution < -0.4 is 14.8 Å². The number of hydrogen-bond donors (Lipinski definition) is 1. The molecule has 6 heteroatoms. The van der Waals surface area contributed by atoms with Crippen LogP contribution in [0.25, 0.3) is 0 Å². The molecule has 0 aromatic heterocycles. The summed E-state index contributed by atoms with van der Waals surface area (Å²) in [6, 6.07) is 15.9. The van der Waals surface area contributed by atoms with Gasteiger partial charge >= 0.3 is 0 Å². The van der Waals surface area contributed by atoms with E-state index < -0.39 is 0 Å². The van der Waals surface area contributed by atoms with E-state index in [1.54, 1.807) is 36.4 Å². The number of ether oxygens (including phenoxy) is 2. The highest BCUT2D eigenvalue weighted by molar-refractivity contribution is 9.10. The van der Waals surface area contributed by atoms with Gasteiger partial charge in [0.05, 0.1) is 0 Å². The molecule has 0 spiro atoms. The summed E-state index contributed by atoms with van der Waals surface area (Å²) in [5, 5.41) is 11.1. The van der Waals surface area contributed by atoms with E-state index in [1.165, 1.54) is 0 Å².